The molecule has 2 aliphatic rings. The first-order valence-corrected chi connectivity index (χ1v) is 12.7. The monoisotopic (exact) mass is 506 g/mol. The first-order chi connectivity index (χ1) is 17.5. The van der Waals surface area contributed by atoms with Crippen molar-refractivity contribution in [1.82, 2.24) is 4.90 Å². The van der Waals surface area contributed by atoms with Gasteiger partial charge in [-0.25, -0.2) is 4.39 Å². The van der Waals surface area contributed by atoms with Gasteiger partial charge in [-0.3, -0.25) is 9.29 Å². The highest BCUT2D eigenvalue weighted by Crippen LogP contribution is 2.42. The molecule has 0 radical (unpaired) electrons. The molecular formula is C30H29ClF2N2O. The van der Waals surface area contributed by atoms with E-state index in [0.29, 0.717) is 23.6 Å². The topological polar surface area (TPSA) is 38.5 Å². The normalized spacial score (nSPS) is 17.8. The van der Waals surface area contributed by atoms with Crippen molar-refractivity contribution in [1.29, 1.82) is 0 Å². The predicted molar refractivity (Wildman–Crippen MR) is 144 cm³/mol. The zero-order valence-corrected chi connectivity index (χ0v) is 20.8. The quantitative estimate of drug-likeness (QED) is 0.343. The molecule has 1 saturated heterocycles. The van der Waals surface area contributed by atoms with Crippen LogP contribution in [0.1, 0.15) is 41.5 Å². The maximum absolute atomic E-state index is 13.8. The van der Waals surface area contributed by atoms with E-state index in [1.807, 2.05) is 30.3 Å². The molecule has 0 spiro atoms. The minimum absolute atomic E-state index is 0.103. The Morgan fingerprint density at radius 3 is 2.64 bits per heavy atom. The van der Waals surface area contributed by atoms with E-state index < -0.39 is 0 Å². The first kappa shape index (κ1) is 24.5. The number of nitrogens with two attached hydrogens (primary N) is 1. The van der Waals surface area contributed by atoms with Crippen molar-refractivity contribution in [2.45, 2.75) is 25.4 Å². The van der Waals surface area contributed by atoms with Crippen molar-refractivity contribution in [3.63, 3.8) is 0 Å². The van der Waals surface area contributed by atoms with Crippen molar-refractivity contribution >= 4 is 34.5 Å². The molecule has 1 heterocycles. The summed E-state index contributed by atoms with van der Waals surface area (Å²) in [6, 6.07) is 18.5. The Morgan fingerprint density at radius 2 is 1.86 bits per heavy atom. The maximum atomic E-state index is 13.8. The molecule has 1 unspecified atom stereocenters. The number of hydrogen-bond acceptors (Lipinski definition) is 3. The van der Waals surface area contributed by atoms with Gasteiger partial charge in [0, 0.05) is 25.3 Å². The summed E-state index contributed by atoms with van der Waals surface area (Å²) in [6.45, 7) is 2.24. The molecule has 5 rings (SSSR count). The molecule has 1 fully saturated rings. The van der Waals surface area contributed by atoms with E-state index in [0.717, 1.165) is 65.2 Å². The minimum Gasteiger partial charge on any atom is -0.489 e. The summed E-state index contributed by atoms with van der Waals surface area (Å²) in [6.07, 6.45) is 6.44. The zero-order chi connectivity index (χ0) is 25.1. The largest absolute Gasteiger partial charge is 0.489 e. The third-order valence-corrected chi connectivity index (χ3v) is 7.12. The van der Waals surface area contributed by atoms with E-state index in [1.165, 1.54) is 12.1 Å². The van der Waals surface area contributed by atoms with E-state index >= 15 is 0 Å². The molecule has 3 nitrogen and oxygen atoms in total. The van der Waals surface area contributed by atoms with Gasteiger partial charge >= 0.3 is 0 Å². The SMILES string of the molecule is Nc1ccc2c(c1)C(c1ccc(OC3CCN(CCCF)C3)cc1)=C(c1ccc(F)cc1Cl)CC=C2. The molecule has 3 aromatic carbocycles. The highest BCUT2D eigenvalue weighted by atomic mass is 35.5. The highest BCUT2D eigenvalue weighted by Gasteiger charge is 2.24. The molecule has 0 saturated carbocycles. The van der Waals surface area contributed by atoms with E-state index in [4.69, 9.17) is 22.1 Å². The first-order valence-electron chi connectivity index (χ1n) is 12.3. The maximum Gasteiger partial charge on any atom is 0.124 e. The Morgan fingerprint density at radius 1 is 1.03 bits per heavy atom. The van der Waals surface area contributed by atoms with Crippen LogP contribution in [0.2, 0.25) is 5.02 Å². The molecule has 0 aromatic heterocycles. The van der Waals surface area contributed by atoms with E-state index in [9.17, 15) is 8.78 Å². The van der Waals surface area contributed by atoms with Crippen LogP contribution < -0.4 is 10.5 Å². The second kappa shape index (κ2) is 10.9. The standard InChI is InChI=1S/C30H29ClF2N2O/c31-29-17-22(33)8-12-26(29)27-4-1-3-20-5-9-23(34)18-28(20)30(27)21-6-10-24(11-7-21)36-25-13-16-35(19-25)15-2-14-32/h1,3,5-12,17-18,25H,2,4,13-16,19,34H2. The zero-order valence-electron chi connectivity index (χ0n) is 20.0. The molecule has 3 aromatic rings. The second-order valence-electron chi connectivity index (χ2n) is 9.33. The van der Waals surface area contributed by atoms with Crippen molar-refractivity contribution in [3.05, 3.63) is 99.8 Å². The second-order valence-corrected chi connectivity index (χ2v) is 9.73. The lowest BCUT2D eigenvalue weighted by molar-refractivity contribution is 0.198. The Balaban J connectivity index is 1.50. The van der Waals surface area contributed by atoms with Crippen LogP contribution in [0, 0.1) is 5.82 Å². The number of hydrogen-bond donors (Lipinski definition) is 1. The van der Waals surface area contributed by atoms with Gasteiger partial charge in [0.2, 0.25) is 0 Å². The Bertz CT molecular complexity index is 1300. The molecule has 36 heavy (non-hydrogen) atoms. The number of halogens is 3. The number of nitrogens with zero attached hydrogens (tertiary/aromatic N) is 1. The molecule has 6 heteroatoms. The van der Waals surface area contributed by atoms with Crippen LogP contribution in [-0.4, -0.2) is 37.3 Å². The van der Waals surface area contributed by atoms with Gasteiger partial charge in [-0.1, -0.05) is 48.0 Å². The number of fused-ring (bicyclic) bond motifs is 1. The van der Waals surface area contributed by atoms with Gasteiger partial charge in [0.25, 0.3) is 0 Å². The van der Waals surface area contributed by atoms with E-state index in [1.54, 1.807) is 6.07 Å². The van der Waals surface area contributed by atoms with Crippen LogP contribution in [0.25, 0.3) is 17.2 Å². The molecule has 1 atom stereocenters. The van der Waals surface area contributed by atoms with Gasteiger partial charge < -0.3 is 10.5 Å². The Labute approximate surface area is 215 Å². The number of ether oxygens (including phenoxy) is 1. The fraction of sp³-hybridized carbons (Fsp3) is 0.267. The van der Waals surface area contributed by atoms with E-state index in [2.05, 4.69) is 29.2 Å². The lowest BCUT2D eigenvalue weighted by Gasteiger charge is -2.19. The highest BCUT2D eigenvalue weighted by molar-refractivity contribution is 6.32. The predicted octanol–water partition coefficient (Wildman–Crippen LogP) is 7.25. The number of likely N-dealkylation sites (tertiary alicyclic amines) is 1. The van der Waals surface area contributed by atoms with Gasteiger partial charge in [-0.15, -0.1) is 0 Å². The third kappa shape index (κ3) is 5.32. The summed E-state index contributed by atoms with van der Waals surface area (Å²) < 4.78 is 32.6. The molecule has 1 aliphatic heterocycles. The Kier molecular flexibility index (Phi) is 7.40. The average molecular weight is 507 g/mol. The van der Waals surface area contributed by atoms with Crippen molar-refractivity contribution in [2.75, 3.05) is 32.0 Å². The summed E-state index contributed by atoms with van der Waals surface area (Å²) >= 11 is 6.52. The van der Waals surface area contributed by atoms with Gasteiger partial charge in [-0.05, 0) is 89.1 Å². The van der Waals surface area contributed by atoms with Crippen molar-refractivity contribution < 1.29 is 13.5 Å². The summed E-state index contributed by atoms with van der Waals surface area (Å²) in [5.41, 5.74) is 12.8. The van der Waals surface area contributed by atoms with Crippen molar-refractivity contribution in [3.8, 4) is 5.75 Å². The smallest absolute Gasteiger partial charge is 0.124 e. The number of rotatable bonds is 7. The lowest BCUT2D eigenvalue weighted by Crippen LogP contribution is -2.26. The van der Waals surface area contributed by atoms with Gasteiger partial charge in [0.1, 0.15) is 17.7 Å². The summed E-state index contributed by atoms with van der Waals surface area (Å²) in [5, 5.41) is 0.377. The van der Waals surface area contributed by atoms with Gasteiger partial charge in [-0.2, -0.15) is 0 Å². The van der Waals surface area contributed by atoms with Crippen LogP contribution >= 0.6 is 11.6 Å². The molecule has 186 valence electrons. The summed E-state index contributed by atoms with van der Waals surface area (Å²) in [7, 11) is 0. The number of alkyl halides is 1. The molecule has 2 N–H and O–H groups in total. The lowest BCUT2D eigenvalue weighted by atomic mass is 9.87. The third-order valence-electron chi connectivity index (χ3n) is 6.81. The van der Waals surface area contributed by atoms with Crippen LogP contribution in [0.5, 0.6) is 5.75 Å². The Hall–Kier alpha value is -3.15. The van der Waals surface area contributed by atoms with Gasteiger partial charge in [0.15, 0.2) is 0 Å². The number of anilines is 1. The fourth-order valence-electron chi connectivity index (χ4n) is 5.09. The van der Waals surface area contributed by atoms with Crippen LogP contribution in [0.3, 0.4) is 0 Å². The molecule has 0 bridgehead atoms. The van der Waals surface area contributed by atoms with Crippen molar-refractivity contribution in [2.24, 2.45) is 0 Å². The summed E-state index contributed by atoms with van der Waals surface area (Å²) in [5.74, 6) is 0.439. The van der Waals surface area contributed by atoms with Crippen LogP contribution in [0.15, 0.2) is 66.7 Å². The average Bonchev–Trinajstić information content (AvgIpc) is 3.23. The minimum atomic E-state index is -0.364. The van der Waals surface area contributed by atoms with Gasteiger partial charge in [0.05, 0.1) is 11.7 Å². The van der Waals surface area contributed by atoms with E-state index in [-0.39, 0.29) is 18.6 Å². The molecular weight excluding hydrogens is 478 g/mol. The number of nitrogen functional groups attached to an aromatic ring is 1. The van der Waals surface area contributed by atoms with Crippen LogP contribution in [-0.2, 0) is 0 Å². The summed E-state index contributed by atoms with van der Waals surface area (Å²) in [4.78, 5) is 2.25. The molecule has 0 amide bonds. The van der Waals surface area contributed by atoms with Crippen LogP contribution in [0.4, 0.5) is 14.5 Å². The number of allylic oxidation sites excluding steroid dienone is 2. The molecule has 1 aliphatic carbocycles. The fourth-order valence-corrected chi connectivity index (χ4v) is 5.37. The number of benzene rings is 3.